The summed E-state index contributed by atoms with van der Waals surface area (Å²) in [5.41, 5.74) is 5.07. The molecule has 1 aliphatic heterocycles. The Kier molecular flexibility index (Phi) is 20.1. The molecule has 0 saturated carbocycles. The predicted octanol–water partition coefficient (Wildman–Crippen LogP) is 13.5. The average molecular weight is 1240 g/mol. The van der Waals surface area contributed by atoms with Crippen LogP contribution >= 0.6 is 34.8 Å². The summed E-state index contributed by atoms with van der Waals surface area (Å²) in [7, 11) is 2.48. The molecule has 2 amide bonds. The van der Waals surface area contributed by atoms with Crippen molar-refractivity contribution in [1.29, 1.82) is 0 Å². The number of nitrogen functional groups attached to an aromatic ring is 1. The van der Waals surface area contributed by atoms with Crippen LogP contribution in [-0.2, 0) is 28.0 Å². The van der Waals surface area contributed by atoms with Crippen molar-refractivity contribution in [2.24, 2.45) is 0 Å². The highest BCUT2D eigenvalue weighted by Gasteiger charge is 2.35. The van der Waals surface area contributed by atoms with Crippen molar-refractivity contribution in [2.45, 2.75) is 39.3 Å². The fourth-order valence-corrected chi connectivity index (χ4v) is 7.85. The van der Waals surface area contributed by atoms with Gasteiger partial charge in [0, 0.05) is 34.8 Å². The molecule has 0 unspecified atom stereocenters. The number of amides is 2. The second-order valence-electron chi connectivity index (χ2n) is 17.1. The number of carboxylic acid groups (broad SMARTS) is 1. The zero-order valence-corrected chi connectivity index (χ0v) is 45.8. The number of nitrogens with two attached hydrogens (primary N) is 1. The normalized spacial score (nSPS) is 11.6. The SMILES string of the molecule is COC(=O)c1cc(N)ccc1Cl.COC(=O)c1cc(NC(=O)c2ccc(C(F)(F)F)nc2C)ccc1Cl.Cc1nc(C(F)(F)F)ccc1C(=O)Nc1ccc(Cl)c(-c2nc3cc4c(cc3[nH]2)OCO4)c1.Cc1nc(C(F)(F)F)ccc1C(=O)O. The lowest BCUT2D eigenvalue weighted by Gasteiger charge is -2.11. The Morgan fingerprint density at radius 2 is 0.964 bits per heavy atom. The van der Waals surface area contributed by atoms with E-state index in [0.29, 0.717) is 67.0 Å². The molecule has 0 saturated heterocycles. The Hall–Kier alpha value is -9.21. The number of aromatic amines is 1. The second-order valence-corrected chi connectivity index (χ2v) is 18.3. The van der Waals surface area contributed by atoms with Crippen molar-refractivity contribution in [3.63, 3.8) is 0 Å². The minimum atomic E-state index is -4.59. The van der Waals surface area contributed by atoms with E-state index in [1.54, 1.807) is 42.5 Å². The van der Waals surface area contributed by atoms with Crippen LogP contribution in [0.1, 0.15) is 86.0 Å². The van der Waals surface area contributed by atoms with Gasteiger partial charge in [0.25, 0.3) is 11.8 Å². The largest absolute Gasteiger partial charge is 0.478 e. The fourth-order valence-electron chi connectivity index (χ4n) is 7.25. The standard InChI is InChI=1S/C22H14ClF3N4O3.C16H12ClF3N2O3.C8H8ClNO2.C8H6F3NO2/c1-10-12(3-5-19(27-10)22(24,25)26)21(31)28-11-2-4-14(23)13(6-11)20-29-15-7-17-18(33-9-32-17)8-16(15)30-20;1-8-10(4-6-13(21-8)16(18,19)20)14(23)22-9-3-5-12(17)11(7-9)15(24)25-2;1-12-8(11)6-4-5(10)2-3-7(6)9;1-4-5(7(13)14)2-3-6(12-4)8(9,10)11/h2-8H,9H2,1H3,(H,28,31)(H,29,30);3-7H,1-2H3,(H,22,23);2-4H,10H2,1H3;2-3H,1H3,(H,13,14). The number of methoxy groups -OCH3 is 2. The molecule has 8 aromatic rings. The average Bonchev–Trinajstić information content (AvgIpc) is 4.24. The molecule has 84 heavy (non-hydrogen) atoms. The number of nitrogens with zero attached hydrogens (tertiary/aromatic N) is 4. The number of imidazole rings is 1. The van der Waals surface area contributed by atoms with Crippen LogP contribution in [0.25, 0.3) is 22.4 Å². The molecule has 440 valence electrons. The number of alkyl halides is 9. The number of carboxylic acids is 1. The monoisotopic (exact) mass is 1240 g/mol. The number of H-pyrrole nitrogens is 1. The molecule has 18 nitrogen and oxygen atoms in total. The highest BCUT2D eigenvalue weighted by Crippen LogP contribution is 2.38. The van der Waals surface area contributed by atoms with Crippen LogP contribution in [0, 0.1) is 20.8 Å². The number of anilines is 3. The van der Waals surface area contributed by atoms with Gasteiger partial charge < -0.3 is 45.4 Å². The maximum atomic E-state index is 12.8. The first-order chi connectivity index (χ1) is 39.3. The number of hydrogen-bond acceptors (Lipinski definition) is 14. The van der Waals surface area contributed by atoms with Crippen LogP contribution in [0.3, 0.4) is 0 Å². The number of pyridine rings is 3. The van der Waals surface area contributed by atoms with Gasteiger partial charge in [-0.2, -0.15) is 39.5 Å². The molecule has 6 N–H and O–H groups in total. The summed E-state index contributed by atoms with van der Waals surface area (Å²) < 4.78 is 132. The minimum Gasteiger partial charge on any atom is -0.478 e. The third kappa shape index (κ3) is 16.1. The number of ether oxygens (including phenoxy) is 4. The first-order valence-electron chi connectivity index (χ1n) is 23.4. The minimum absolute atomic E-state index is 0.0254. The summed E-state index contributed by atoms with van der Waals surface area (Å²) in [6, 6.07) is 22.3. The van der Waals surface area contributed by atoms with Crippen LogP contribution in [0.4, 0.5) is 56.6 Å². The fraction of sp³-hybridized carbons (Fsp3) is 0.167. The highest BCUT2D eigenvalue weighted by molar-refractivity contribution is 6.34. The number of rotatable bonds is 8. The molecule has 30 heteroatoms. The maximum absolute atomic E-state index is 12.8. The number of aromatic nitrogens is 5. The third-order valence-electron chi connectivity index (χ3n) is 11.3. The van der Waals surface area contributed by atoms with Gasteiger partial charge in [0.05, 0.1) is 85.2 Å². The molecule has 9 rings (SSSR count). The van der Waals surface area contributed by atoms with Crippen LogP contribution < -0.4 is 25.8 Å². The van der Waals surface area contributed by atoms with Crippen molar-refractivity contribution < 1.29 is 87.5 Å². The number of carbonyl (C=O) groups excluding carboxylic acids is 4. The molecule has 0 spiro atoms. The van der Waals surface area contributed by atoms with Crippen molar-refractivity contribution in [3.8, 4) is 22.9 Å². The lowest BCUT2D eigenvalue weighted by atomic mass is 10.1. The number of hydrogen-bond donors (Lipinski definition) is 5. The third-order valence-corrected chi connectivity index (χ3v) is 12.3. The Labute approximate surface area is 483 Å². The molecular weight excluding hydrogens is 1200 g/mol. The van der Waals surface area contributed by atoms with Gasteiger partial charge in [-0.25, -0.2) is 34.3 Å². The quantitative estimate of drug-likeness (QED) is 0.0538. The molecule has 1 aliphatic rings. The first-order valence-corrected chi connectivity index (χ1v) is 24.5. The van der Waals surface area contributed by atoms with Gasteiger partial charge >= 0.3 is 36.4 Å². The number of aromatic carboxylic acids is 1. The molecule has 5 heterocycles. The van der Waals surface area contributed by atoms with Crippen LogP contribution in [0.2, 0.25) is 15.1 Å². The van der Waals surface area contributed by atoms with Crippen molar-refractivity contribution in [2.75, 3.05) is 37.4 Å². The molecule has 0 fully saturated rings. The van der Waals surface area contributed by atoms with Crippen molar-refractivity contribution in [3.05, 3.63) is 180 Å². The van der Waals surface area contributed by atoms with E-state index in [-0.39, 0.29) is 56.8 Å². The van der Waals surface area contributed by atoms with Gasteiger partial charge in [0.2, 0.25) is 6.79 Å². The van der Waals surface area contributed by atoms with E-state index in [1.807, 2.05) is 0 Å². The number of fused-ring (bicyclic) bond motifs is 2. The maximum Gasteiger partial charge on any atom is 0.433 e. The van der Waals surface area contributed by atoms with Gasteiger partial charge in [-0.3, -0.25) is 9.59 Å². The lowest BCUT2D eigenvalue weighted by molar-refractivity contribution is -0.142. The van der Waals surface area contributed by atoms with E-state index in [2.05, 4.69) is 45.0 Å². The zero-order valence-electron chi connectivity index (χ0n) is 43.5. The van der Waals surface area contributed by atoms with Crippen molar-refractivity contribution >= 4 is 92.6 Å². The summed E-state index contributed by atoms with van der Waals surface area (Å²) >= 11 is 18.0. The van der Waals surface area contributed by atoms with E-state index in [4.69, 9.17) is 55.1 Å². The molecule has 4 aromatic carbocycles. The number of aryl methyl sites for hydroxylation is 3. The number of carbonyl (C=O) groups is 5. The van der Waals surface area contributed by atoms with Crippen LogP contribution in [-0.4, -0.2) is 80.8 Å². The van der Waals surface area contributed by atoms with Crippen LogP contribution in [0.15, 0.2) is 103 Å². The molecule has 0 radical (unpaired) electrons. The van der Waals surface area contributed by atoms with Crippen LogP contribution in [0.5, 0.6) is 11.5 Å². The van der Waals surface area contributed by atoms with Crippen molar-refractivity contribution in [1.82, 2.24) is 24.9 Å². The Morgan fingerprint density at radius 3 is 1.40 bits per heavy atom. The Morgan fingerprint density at radius 1 is 0.548 bits per heavy atom. The highest BCUT2D eigenvalue weighted by atomic mass is 35.5. The summed E-state index contributed by atoms with van der Waals surface area (Å²) in [6.07, 6.45) is -13.7. The molecule has 0 atom stereocenters. The van der Waals surface area contributed by atoms with E-state index in [1.165, 1.54) is 59.3 Å². The second kappa shape index (κ2) is 26.4. The zero-order chi connectivity index (χ0) is 62.2. The molecule has 0 bridgehead atoms. The van der Waals surface area contributed by atoms with Gasteiger partial charge in [0.15, 0.2) is 11.5 Å². The van der Waals surface area contributed by atoms with E-state index < -0.39 is 65.3 Å². The molecule has 0 aliphatic carbocycles. The topological polar surface area (TPSA) is 260 Å². The summed E-state index contributed by atoms with van der Waals surface area (Å²) in [4.78, 5) is 75.8. The number of nitrogens with one attached hydrogen (secondary N) is 3. The predicted molar refractivity (Wildman–Crippen MR) is 287 cm³/mol. The number of esters is 2. The van der Waals surface area contributed by atoms with E-state index >= 15 is 0 Å². The number of halogens is 12. The number of benzene rings is 4. The smallest absolute Gasteiger partial charge is 0.433 e. The summed E-state index contributed by atoms with van der Waals surface area (Å²) in [5.74, 6) is -2.07. The molecular formula is C54H40Cl3F9N8O10. The first kappa shape index (κ1) is 64.0. The lowest BCUT2D eigenvalue weighted by Crippen LogP contribution is -2.17. The molecule has 4 aromatic heterocycles. The Balaban J connectivity index is 0.000000195. The van der Waals surface area contributed by atoms with E-state index in [0.717, 1.165) is 30.3 Å². The summed E-state index contributed by atoms with van der Waals surface area (Å²) in [6.45, 7) is 4.01. The van der Waals surface area contributed by atoms with E-state index in [9.17, 15) is 63.5 Å². The summed E-state index contributed by atoms with van der Waals surface area (Å²) in [5, 5.41) is 14.5. The van der Waals surface area contributed by atoms with Gasteiger partial charge in [-0.15, -0.1) is 0 Å². The van der Waals surface area contributed by atoms with Gasteiger partial charge in [0.1, 0.15) is 22.9 Å². The Bertz CT molecular complexity index is 3800. The van der Waals surface area contributed by atoms with Gasteiger partial charge in [-0.1, -0.05) is 34.8 Å². The van der Waals surface area contributed by atoms with Gasteiger partial charge in [-0.05, 0) is 112 Å².